The molecular formula is C16H21N5O. The third kappa shape index (κ3) is 2.47. The van der Waals surface area contributed by atoms with Crippen molar-refractivity contribution in [3.8, 4) is 0 Å². The van der Waals surface area contributed by atoms with Gasteiger partial charge in [0.2, 0.25) is 0 Å². The first kappa shape index (κ1) is 13.7. The number of likely N-dealkylation sites (N-methyl/N-ethyl adjacent to an activating group) is 1. The van der Waals surface area contributed by atoms with Crippen LogP contribution in [0.5, 0.6) is 0 Å². The molecule has 0 aromatic carbocycles. The molecule has 2 aliphatic rings. The van der Waals surface area contributed by atoms with E-state index in [1.54, 1.807) is 12.3 Å². The van der Waals surface area contributed by atoms with Gasteiger partial charge in [-0.25, -0.2) is 9.97 Å². The monoisotopic (exact) mass is 299 g/mol. The number of hydrogen-bond donors (Lipinski definition) is 2. The standard InChI is InChI=1S/C16H21N5O/c1-17-11-5-7-21(9-11)16(22)12-4-6-18-15-14(12)19-13(20-15)8-10-2-3-10/h4,6,10-11,17H,2-3,5,7-9H2,1H3,(H,18,19,20). The van der Waals surface area contributed by atoms with Gasteiger partial charge in [0, 0.05) is 31.7 Å². The summed E-state index contributed by atoms with van der Waals surface area (Å²) in [4.78, 5) is 26.9. The quantitative estimate of drug-likeness (QED) is 0.893. The zero-order valence-electron chi connectivity index (χ0n) is 12.8. The highest BCUT2D eigenvalue weighted by Gasteiger charge is 2.28. The minimum absolute atomic E-state index is 0.0757. The minimum Gasteiger partial charge on any atom is -0.340 e. The van der Waals surface area contributed by atoms with Crippen LogP contribution in [-0.2, 0) is 6.42 Å². The predicted molar refractivity (Wildman–Crippen MR) is 83.7 cm³/mol. The molecule has 1 saturated carbocycles. The van der Waals surface area contributed by atoms with E-state index in [9.17, 15) is 4.79 Å². The number of imidazole rings is 1. The van der Waals surface area contributed by atoms with Gasteiger partial charge in [-0.3, -0.25) is 4.79 Å². The number of nitrogens with zero attached hydrogens (tertiary/aromatic N) is 3. The van der Waals surface area contributed by atoms with Crippen LogP contribution in [0, 0.1) is 5.92 Å². The van der Waals surface area contributed by atoms with Gasteiger partial charge in [0.15, 0.2) is 5.65 Å². The van der Waals surface area contributed by atoms with E-state index in [0.717, 1.165) is 43.2 Å². The Hall–Kier alpha value is -1.95. The van der Waals surface area contributed by atoms with Crippen molar-refractivity contribution in [2.75, 3.05) is 20.1 Å². The molecule has 6 heteroatoms. The van der Waals surface area contributed by atoms with Crippen LogP contribution in [0.25, 0.3) is 11.2 Å². The van der Waals surface area contributed by atoms with Gasteiger partial charge < -0.3 is 15.2 Å². The van der Waals surface area contributed by atoms with E-state index in [4.69, 9.17) is 0 Å². The maximum absolute atomic E-state index is 12.8. The third-order valence-electron chi connectivity index (χ3n) is 4.73. The molecule has 2 aromatic heterocycles. The van der Waals surface area contributed by atoms with Crippen LogP contribution < -0.4 is 5.32 Å². The van der Waals surface area contributed by atoms with Crippen LogP contribution in [-0.4, -0.2) is 51.9 Å². The van der Waals surface area contributed by atoms with Crippen LogP contribution in [0.1, 0.15) is 35.4 Å². The Bertz CT molecular complexity index is 706. The van der Waals surface area contributed by atoms with Crippen LogP contribution in [0.15, 0.2) is 12.3 Å². The Morgan fingerprint density at radius 1 is 1.45 bits per heavy atom. The minimum atomic E-state index is 0.0757. The van der Waals surface area contributed by atoms with Crippen molar-refractivity contribution in [2.24, 2.45) is 5.92 Å². The highest BCUT2D eigenvalue weighted by Crippen LogP contribution is 2.32. The summed E-state index contributed by atoms with van der Waals surface area (Å²) < 4.78 is 0. The molecule has 2 N–H and O–H groups in total. The van der Waals surface area contributed by atoms with E-state index in [0.29, 0.717) is 17.3 Å². The fourth-order valence-corrected chi connectivity index (χ4v) is 3.18. The molecule has 116 valence electrons. The number of rotatable bonds is 4. The largest absolute Gasteiger partial charge is 0.340 e. The van der Waals surface area contributed by atoms with Gasteiger partial charge in [0.1, 0.15) is 5.82 Å². The molecule has 0 spiro atoms. The Morgan fingerprint density at radius 2 is 2.32 bits per heavy atom. The van der Waals surface area contributed by atoms with E-state index in [1.165, 1.54) is 12.8 Å². The van der Waals surface area contributed by atoms with Crippen LogP contribution in [0.3, 0.4) is 0 Å². The number of aromatic nitrogens is 3. The summed E-state index contributed by atoms with van der Waals surface area (Å²) in [5, 5.41) is 3.24. The molecule has 1 unspecified atom stereocenters. The topological polar surface area (TPSA) is 73.9 Å². The van der Waals surface area contributed by atoms with Crippen molar-refractivity contribution in [2.45, 2.75) is 31.7 Å². The fourth-order valence-electron chi connectivity index (χ4n) is 3.18. The molecule has 4 rings (SSSR count). The molecule has 22 heavy (non-hydrogen) atoms. The normalized spacial score (nSPS) is 21.7. The Labute approximate surface area is 129 Å². The maximum Gasteiger partial charge on any atom is 0.256 e. The first-order valence-electron chi connectivity index (χ1n) is 8.04. The molecular weight excluding hydrogens is 278 g/mol. The van der Waals surface area contributed by atoms with E-state index in [-0.39, 0.29) is 5.91 Å². The first-order chi connectivity index (χ1) is 10.7. The second-order valence-electron chi connectivity index (χ2n) is 6.41. The van der Waals surface area contributed by atoms with E-state index in [2.05, 4.69) is 20.3 Å². The highest BCUT2D eigenvalue weighted by atomic mass is 16.2. The molecule has 0 bridgehead atoms. The van der Waals surface area contributed by atoms with Gasteiger partial charge in [-0.1, -0.05) is 0 Å². The molecule has 2 fully saturated rings. The number of carbonyl (C=O) groups is 1. The van der Waals surface area contributed by atoms with Crippen LogP contribution in [0.2, 0.25) is 0 Å². The van der Waals surface area contributed by atoms with Crippen molar-refractivity contribution in [1.29, 1.82) is 0 Å². The first-order valence-corrected chi connectivity index (χ1v) is 8.04. The van der Waals surface area contributed by atoms with Crippen LogP contribution >= 0.6 is 0 Å². The van der Waals surface area contributed by atoms with Gasteiger partial charge in [0.05, 0.1) is 11.1 Å². The van der Waals surface area contributed by atoms with Gasteiger partial charge >= 0.3 is 0 Å². The molecule has 1 saturated heterocycles. The molecule has 1 aliphatic heterocycles. The summed E-state index contributed by atoms with van der Waals surface area (Å²) in [5.41, 5.74) is 2.14. The maximum atomic E-state index is 12.8. The predicted octanol–water partition coefficient (Wildman–Crippen LogP) is 1.34. The van der Waals surface area contributed by atoms with Crippen LogP contribution in [0.4, 0.5) is 0 Å². The number of pyridine rings is 1. The lowest BCUT2D eigenvalue weighted by Gasteiger charge is -2.16. The fraction of sp³-hybridized carbons (Fsp3) is 0.562. The molecule has 6 nitrogen and oxygen atoms in total. The van der Waals surface area contributed by atoms with Crippen molar-refractivity contribution in [3.63, 3.8) is 0 Å². The van der Waals surface area contributed by atoms with Crippen molar-refractivity contribution in [1.82, 2.24) is 25.2 Å². The number of likely N-dealkylation sites (tertiary alicyclic amines) is 1. The number of fused-ring (bicyclic) bond motifs is 1. The average Bonchev–Trinajstić information content (AvgIpc) is 3.05. The lowest BCUT2D eigenvalue weighted by molar-refractivity contribution is 0.0791. The Balaban J connectivity index is 1.62. The zero-order chi connectivity index (χ0) is 15.1. The Kier molecular flexibility index (Phi) is 3.33. The number of aromatic amines is 1. The molecule has 1 atom stereocenters. The number of H-pyrrole nitrogens is 1. The molecule has 1 aliphatic carbocycles. The number of carbonyl (C=O) groups excluding carboxylic acids is 1. The summed E-state index contributed by atoms with van der Waals surface area (Å²) in [6, 6.07) is 2.20. The second-order valence-corrected chi connectivity index (χ2v) is 6.41. The smallest absolute Gasteiger partial charge is 0.256 e. The molecule has 1 amide bonds. The number of nitrogens with one attached hydrogen (secondary N) is 2. The van der Waals surface area contributed by atoms with Crippen molar-refractivity contribution in [3.05, 3.63) is 23.7 Å². The average molecular weight is 299 g/mol. The third-order valence-corrected chi connectivity index (χ3v) is 4.73. The van der Waals surface area contributed by atoms with Crippen molar-refractivity contribution >= 4 is 17.1 Å². The van der Waals surface area contributed by atoms with E-state index in [1.807, 2.05) is 11.9 Å². The molecule has 3 heterocycles. The lowest BCUT2D eigenvalue weighted by Crippen LogP contribution is -2.33. The summed E-state index contributed by atoms with van der Waals surface area (Å²) >= 11 is 0. The Morgan fingerprint density at radius 3 is 3.05 bits per heavy atom. The summed E-state index contributed by atoms with van der Waals surface area (Å²) in [5.74, 6) is 1.79. The van der Waals surface area contributed by atoms with Crippen molar-refractivity contribution < 1.29 is 4.79 Å². The lowest BCUT2D eigenvalue weighted by atomic mass is 10.2. The number of hydrogen-bond acceptors (Lipinski definition) is 4. The molecule has 0 radical (unpaired) electrons. The van der Waals surface area contributed by atoms with E-state index >= 15 is 0 Å². The van der Waals surface area contributed by atoms with Gasteiger partial charge in [0.25, 0.3) is 5.91 Å². The van der Waals surface area contributed by atoms with E-state index < -0.39 is 0 Å². The van der Waals surface area contributed by atoms with Gasteiger partial charge in [-0.15, -0.1) is 0 Å². The highest BCUT2D eigenvalue weighted by molar-refractivity contribution is 6.04. The SMILES string of the molecule is CNC1CCN(C(=O)c2ccnc3nc(CC4CC4)[nH]c23)C1. The summed E-state index contributed by atoms with van der Waals surface area (Å²) in [7, 11) is 1.95. The summed E-state index contributed by atoms with van der Waals surface area (Å²) in [6.45, 7) is 1.57. The van der Waals surface area contributed by atoms with Gasteiger partial charge in [-0.05, 0) is 38.3 Å². The zero-order valence-corrected chi connectivity index (χ0v) is 12.8. The molecule has 2 aromatic rings. The number of amides is 1. The second kappa shape index (κ2) is 5.35. The van der Waals surface area contributed by atoms with Gasteiger partial charge in [-0.2, -0.15) is 0 Å². The summed E-state index contributed by atoms with van der Waals surface area (Å²) in [6.07, 6.45) is 6.23.